The van der Waals surface area contributed by atoms with Crippen LogP contribution in [0.2, 0.25) is 0 Å². The van der Waals surface area contributed by atoms with Crippen molar-refractivity contribution in [3.05, 3.63) is 45.9 Å². The van der Waals surface area contributed by atoms with Crippen molar-refractivity contribution < 1.29 is 9.18 Å². The monoisotopic (exact) mass is 338 g/mol. The average Bonchev–Trinajstić information content (AvgIpc) is 2.83. The van der Waals surface area contributed by atoms with E-state index in [1.54, 1.807) is 6.08 Å². The summed E-state index contributed by atoms with van der Waals surface area (Å²) in [6.45, 7) is 0. The minimum absolute atomic E-state index is 0.126. The van der Waals surface area contributed by atoms with Gasteiger partial charge in [-0.1, -0.05) is 12.8 Å². The summed E-state index contributed by atoms with van der Waals surface area (Å²) in [7, 11) is 0. The van der Waals surface area contributed by atoms with Crippen LogP contribution in [0, 0.1) is 5.82 Å². The third-order valence-corrected chi connectivity index (χ3v) is 4.54. The summed E-state index contributed by atoms with van der Waals surface area (Å²) in [5.41, 5.74) is 0.476. The minimum atomic E-state index is -0.364. The largest absolute Gasteiger partial charge is 0.367 e. The van der Waals surface area contributed by atoms with Crippen molar-refractivity contribution in [2.75, 3.05) is 0 Å². The molecule has 2 atom stereocenters. The molecule has 0 amide bonds. The molecule has 2 aliphatic rings. The van der Waals surface area contributed by atoms with E-state index in [4.69, 9.17) is 0 Å². The summed E-state index contributed by atoms with van der Waals surface area (Å²) in [4.78, 5) is 12.2. The highest BCUT2D eigenvalue weighted by atomic mass is 79.9. The molecule has 1 aliphatic heterocycles. The van der Waals surface area contributed by atoms with Crippen LogP contribution in [-0.4, -0.2) is 17.9 Å². The Kier molecular flexibility index (Phi) is 3.78. The van der Waals surface area contributed by atoms with Crippen LogP contribution in [0.3, 0.4) is 0 Å². The number of benzene rings is 1. The van der Waals surface area contributed by atoms with E-state index in [2.05, 4.69) is 26.6 Å². The molecule has 1 aromatic rings. The SMILES string of the molecule is O=C(C=C1N[C@@H]2CCCC[C@H]2N1)c1ccc(F)c(Br)c1. The van der Waals surface area contributed by atoms with E-state index in [1.807, 2.05) is 0 Å². The first-order valence-corrected chi connectivity index (χ1v) is 7.67. The Bertz CT molecular complexity index is 557. The van der Waals surface area contributed by atoms with Crippen LogP contribution in [-0.2, 0) is 0 Å². The molecule has 1 saturated heterocycles. The Morgan fingerprint density at radius 2 is 1.90 bits per heavy atom. The molecule has 0 aromatic heterocycles. The minimum Gasteiger partial charge on any atom is -0.367 e. The van der Waals surface area contributed by atoms with Crippen molar-refractivity contribution in [1.29, 1.82) is 0 Å². The third kappa shape index (κ3) is 2.73. The van der Waals surface area contributed by atoms with Gasteiger partial charge in [0, 0.05) is 23.7 Å². The lowest BCUT2D eigenvalue weighted by molar-refractivity contribution is 0.104. The number of ketones is 1. The molecule has 20 heavy (non-hydrogen) atoms. The van der Waals surface area contributed by atoms with Crippen LogP contribution in [0.5, 0.6) is 0 Å². The van der Waals surface area contributed by atoms with Gasteiger partial charge in [0.1, 0.15) is 11.6 Å². The van der Waals surface area contributed by atoms with Gasteiger partial charge in [-0.3, -0.25) is 4.79 Å². The maximum atomic E-state index is 13.2. The first kappa shape index (κ1) is 13.6. The molecule has 1 heterocycles. The van der Waals surface area contributed by atoms with E-state index in [0.29, 0.717) is 22.1 Å². The predicted octanol–water partition coefficient (Wildman–Crippen LogP) is 3.12. The highest BCUT2D eigenvalue weighted by Gasteiger charge is 2.31. The lowest BCUT2D eigenvalue weighted by Crippen LogP contribution is -2.36. The molecule has 3 nitrogen and oxygen atoms in total. The van der Waals surface area contributed by atoms with Crippen LogP contribution in [0.15, 0.2) is 34.6 Å². The lowest BCUT2D eigenvalue weighted by atomic mass is 9.92. The zero-order chi connectivity index (χ0) is 14.1. The fraction of sp³-hybridized carbons (Fsp3) is 0.400. The normalized spacial score (nSPS) is 24.6. The van der Waals surface area contributed by atoms with E-state index in [1.165, 1.54) is 31.0 Å². The van der Waals surface area contributed by atoms with Gasteiger partial charge >= 0.3 is 0 Å². The Labute approximate surface area is 125 Å². The molecule has 5 heteroatoms. The van der Waals surface area contributed by atoms with Crippen molar-refractivity contribution in [2.24, 2.45) is 0 Å². The fourth-order valence-corrected chi connectivity index (χ4v) is 3.24. The first-order valence-electron chi connectivity index (χ1n) is 6.87. The molecular weight excluding hydrogens is 323 g/mol. The summed E-state index contributed by atoms with van der Waals surface area (Å²) >= 11 is 3.10. The Hall–Kier alpha value is -1.36. The lowest BCUT2D eigenvalue weighted by Gasteiger charge is -2.23. The van der Waals surface area contributed by atoms with Crippen molar-refractivity contribution in [1.82, 2.24) is 10.6 Å². The van der Waals surface area contributed by atoms with Gasteiger partial charge < -0.3 is 10.6 Å². The number of halogens is 2. The number of hydrogen-bond acceptors (Lipinski definition) is 3. The van der Waals surface area contributed by atoms with E-state index in [0.717, 1.165) is 18.7 Å². The standard InChI is InChI=1S/C15H16BrFN2O/c16-10-7-9(5-6-11(10)17)14(20)8-15-18-12-3-1-2-4-13(12)19-15/h5-8,12-13,18-19H,1-4H2/t12-,13-/m1/s1. The maximum Gasteiger partial charge on any atom is 0.189 e. The number of hydrogen-bond donors (Lipinski definition) is 2. The second-order valence-electron chi connectivity index (χ2n) is 5.34. The van der Waals surface area contributed by atoms with Crippen LogP contribution in [0.1, 0.15) is 36.0 Å². The molecule has 3 rings (SSSR count). The van der Waals surface area contributed by atoms with E-state index >= 15 is 0 Å². The molecule has 1 aromatic carbocycles. The van der Waals surface area contributed by atoms with Crippen LogP contribution in [0.25, 0.3) is 0 Å². The summed E-state index contributed by atoms with van der Waals surface area (Å²) in [5.74, 6) is 0.295. The third-order valence-electron chi connectivity index (χ3n) is 3.93. The predicted molar refractivity (Wildman–Crippen MR) is 78.8 cm³/mol. The first-order chi connectivity index (χ1) is 9.63. The number of nitrogens with one attached hydrogen (secondary N) is 2. The average molecular weight is 339 g/mol. The van der Waals surface area contributed by atoms with Crippen LogP contribution in [0.4, 0.5) is 4.39 Å². The van der Waals surface area contributed by atoms with Crippen molar-refractivity contribution in [2.45, 2.75) is 37.8 Å². The summed E-state index contributed by atoms with van der Waals surface area (Å²) in [6, 6.07) is 5.18. The molecule has 106 valence electrons. The summed E-state index contributed by atoms with van der Waals surface area (Å²) in [6.07, 6.45) is 6.33. The second-order valence-corrected chi connectivity index (χ2v) is 6.19. The number of rotatable bonds is 2. The van der Waals surface area contributed by atoms with Crippen LogP contribution >= 0.6 is 15.9 Å². The quantitative estimate of drug-likeness (QED) is 0.643. The van der Waals surface area contributed by atoms with E-state index < -0.39 is 0 Å². The molecule has 1 aliphatic carbocycles. The van der Waals surface area contributed by atoms with Crippen molar-refractivity contribution in [3.8, 4) is 0 Å². The Morgan fingerprint density at radius 3 is 2.50 bits per heavy atom. The topological polar surface area (TPSA) is 41.1 Å². The maximum absolute atomic E-state index is 13.2. The fourth-order valence-electron chi connectivity index (χ4n) is 2.86. The molecule has 0 radical (unpaired) electrons. The molecule has 0 spiro atoms. The molecule has 1 saturated carbocycles. The second kappa shape index (κ2) is 5.56. The summed E-state index contributed by atoms with van der Waals surface area (Å²) in [5, 5.41) is 6.73. The number of fused-ring (bicyclic) bond motifs is 1. The van der Waals surface area contributed by atoms with Crippen LogP contribution < -0.4 is 10.6 Å². The molecule has 2 fully saturated rings. The molecule has 0 unspecified atom stereocenters. The van der Waals surface area contributed by atoms with Gasteiger partial charge in [-0.25, -0.2) is 4.39 Å². The van der Waals surface area contributed by atoms with Gasteiger partial charge in [0.25, 0.3) is 0 Å². The molecule has 2 N–H and O–H groups in total. The highest BCUT2D eigenvalue weighted by Crippen LogP contribution is 2.24. The van der Waals surface area contributed by atoms with Crippen molar-refractivity contribution >= 4 is 21.7 Å². The smallest absolute Gasteiger partial charge is 0.189 e. The van der Waals surface area contributed by atoms with Gasteiger partial charge in [-0.15, -0.1) is 0 Å². The van der Waals surface area contributed by atoms with Gasteiger partial charge in [0.05, 0.1) is 4.47 Å². The zero-order valence-corrected chi connectivity index (χ0v) is 12.5. The molecular formula is C15H16BrFN2O. The zero-order valence-electron chi connectivity index (χ0n) is 11.0. The van der Waals surface area contributed by atoms with Crippen molar-refractivity contribution in [3.63, 3.8) is 0 Å². The van der Waals surface area contributed by atoms with E-state index in [9.17, 15) is 9.18 Å². The van der Waals surface area contributed by atoms with Gasteiger partial charge in [0.2, 0.25) is 0 Å². The number of carbonyl (C=O) groups excluding carboxylic acids is 1. The number of carbonyl (C=O) groups is 1. The summed E-state index contributed by atoms with van der Waals surface area (Å²) < 4.78 is 13.5. The highest BCUT2D eigenvalue weighted by molar-refractivity contribution is 9.10. The van der Waals surface area contributed by atoms with Gasteiger partial charge in [0.15, 0.2) is 5.78 Å². The number of allylic oxidation sites excluding steroid dienone is 1. The van der Waals surface area contributed by atoms with Gasteiger partial charge in [-0.2, -0.15) is 0 Å². The Balaban J connectivity index is 1.75. The Morgan fingerprint density at radius 1 is 1.25 bits per heavy atom. The van der Waals surface area contributed by atoms with E-state index in [-0.39, 0.29) is 11.6 Å². The molecule has 0 bridgehead atoms. The van der Waals surface area contributed by atoms with Gasteiger partial charge in [-0.05, 0) is 47.0 Å².